The fourth-order valence-corrected chi connectivity index (χ4v) is 3.14. The predicted octanol–water partition coefficient (Wildman–Crippen LogP) is 3.69. The Morgan fingerprint density at radius 3 is 2.75 bits per heavy atom. The summed E-state index contributed by atoms with van der Waals surface area (Å²) in [6.07, 6.45) is 2.00. The van der Waals surface area contributed by atoms with Crippen molar-refractivity contribution in [1.29, 1.82) is 0 Å². The Morgan fingerprint density at radius 1 is 1.15 bits per heavy atom. The molecule has 1 atom stereocenters. The van der Waals surface area contributed by atoms with Crippen molar-refractivity contribution in [3.63, 3.8) is 0 Å². The minimum Gasteiger partial charge on any atom is -0.320 e. The van der Waals surface area contributed by atoms with E-state index in [0.29, 0.717) is 0 Å². The Kier molecular flexibility index (Phi) is 3.76. The van der Waals surface area contributed by atoms with E-state index in [-0.39, 0.29) is 6.04 Å². The van der Waals surface area contributed by atoms with E-state index in [1.165, 1.54) is 22.3 Å². The summed E-state index contributed by atoms with van der Waals surface area (Å²) in [6, 6.07) is 14.6. The molecule has 20 heavy (non-hydrogen) atoms. The Morgan fingerprint density at radius 2 is 1.95 bits per heavy atom. The smallest absolute Gasteiger partial charge is 0.0807 e. The van der Waals surface area contributed by atoms with Crippen molar-refractivity contribution < 1.29 is 0 Å². The van der Waals surface area contributed by atoms with Crippen molar-refractivity contribution in [2.24, 2.45) is 5.73 Å². The molecule has 1 heterocycles. The lowest BCUT2D eigenvalue weighted by Gasteiger charge is -2.12. The predicted molar refractivity (Wildman–Crippen MR) is 83.9 cm³/mol. The number of rotatable bonds is 4. The molecule has 0 aliphatic carbocycles. The van der Waals surface area contributed by atoms with Gasteiger partial charge in [-0.3, -0.25) is 0 Å². The van der Waals surface area contributed by atoms with Crippen molar-refractivity contribution in [1.82, 2.24) is 9.59 Å². The molecule has 4 heteroatoms. The number of fused-ring (bicyclic) bond motifs is 1. The molecule has 0 aliphatic heterocycles. The van der Waals surface area contributed by atoms with Crippen LogP contribution in [0.25, 0.3) is 10.8 Å². The lowest BCUT2D eigenvalue weighted by molar-refractivity contribution is 0.814. The third-order valence-corrected chi connectivity index (χ3v) is 4.34. The number of hydrogen-bond acceptors (Lipinski definition) is 4. The van der Waals surface area contributed by atoms with Gasteiger partial charge in [-0.1, -0.05) is 54.2 Å². The third-order valence-electron chi connectivity index (χ3n) is 3.49. The summed E-state index contributed by atoms with van der Waals surface area (Å²) in [4.78, 5) is 1.09. The normalized spacial score (nSPS) is 12.7. The van der Waals surface area contributed by atoms with Crippen LogP contribution in [0.1, 0.15) is 35.5 Å². The molecule has 0 saturated heterocycles. The van der Waals surface area contributed by atoms with Crippen molar-refractivity contribution in [2.75, 3.05) is 0 Å². The number of aryl methyl sites for hydroxylation is 1. The lowest BCUT2D eigenvalue weighted by Crippen LogP contribution is -2.12. The highest BCUT2D eigenvalue weighted by molar-refractivity contribution is 7.05. The van der Waals surface area contributed by atoms with E-state index < -0.39 is 0 Å². The minimum atomic E-state index is -0.138. The summed E-state index contributed by atoms with van der Waals surface area (Å²) in [5.41, 5.74) is 8.57. The highest BCUT2D eigenvalue weighted by atomic mass is 32.1. The van der Waals surface area contributed by atoms with Crippen LogP contribution in [0.2, 0.25) is 0 Å². The summed E-state index contributed by atoms with van der Waals surface area (Å²) in [5, 5.41) is 6.66. The van der Waals surface area contributed by atoms with E-state index >= 15 is 0 Å². The molecule has 3 nitrogen and oxygen atoms in total. The maximum Gasteiger partial charge on any atom is 0.0807 e. The molecule has 0 fully saturated rings. The molecular formula is C16H17N3S. The van der Waals surface area contributed by atoms with Crippen LogP contribution >= 0.6 is 11.5 Å². The largest absolute Gasteiger partial charge is 0.320 e. The second-order valence-electron chi connectivity index (χ2n) is 4.92. The van der Waals surface area contributed by atoms with Crippen LogP contribution in [0.15, 0.2) is 42.5 Å². The van der Waals surface area contributed by atoms with Crippen molar-refractivity contribution in [3.8, 4) is 0 Å². The number of hydrogen-bond donors (Lipinski definition) is 1. The zero-order chi connectivity index (χ0) is 13.9. The summed E-state index contributed by atoms with van der Waals surface area (Å²) in [7, 11) is 0. The molecule has 0 radical (unpaired) electrons. The molecule has 2 aromatic carbocycles. The maximum atomic E-state index is 6.41. The van der Waals surface area contributed by atoms with Gasteiger partial charge in [-0.05, 0) is 40.4 Å². The van der Waals surface area contributed by atoms with Gasteiger partial charge >= 0.3 is 0 Å². The molecule has 0 spiro atoms. The SMILES string of the molecule is CCCc1nnsc1C(N)c1ccc2ccccc2c1. The van der Waals surface area contributed by atoms with Gasteiger partial charge in [0.05, 0.1) is 16.6 Å². The third kappa shape index (κ3) is 2.44. The van der Waals surface area contributed by atoms with Crippen LogP contribution in [0, 0.1) is 0 Å². The van der Waals surface area contributed by atoms with Gasteiger partial charge in [-0.15, -0.1) is 5.10 Å². The van der Waals surface area contributed by atoms with Gasteiger partial charge < -0.3 is 5.73 Å². The molecule has 3 aromatic rings. The van der Waals surface area contributed by atoms with Gasteiger partial charge in [-0.25, -0.2) is 0 Å². The number of benzene rings is 2. The summed E-state index contributed by atoms with van der Waals surface area (Å²) in [6.45, 7) is 2.14. The van der Waals surface area contributed by atoms with E-state index in [1.807, 2.05) is 6.07 Å². The highest BCUT2D eigenvalue weighted by Crippen LogP contribution is 2.27. The van der Waals surface area contributed by atoms with E-state index in [2.05, 4.69) is 52.9 Å². The zero-order valence-electron chi connectivity index (χ0n) is 11.4. The summed E-state index contributed by atoms with van der Waals surface area (Å²) >= 11 is 1.41. The average molecular weight is 283 g/mol. The Hall–Kier alpha value is -1.78. The molecule has 0 bridgehead atoms. The molecule has 0 amide bonds. The standard InChI is InChI=1S/C16H17N3S/c1-2-5-14-16(20-19-18-14)15(17)13-9-8-11-6-3-4-7-12(11)10-13/h3-4,6-10,15H,2,5,17H2,1H3. The zero-order valence-corrected chi connectivity index (χ0v) is 12.2. The molecule has 1 aromatic heterocycles. The number of nitrogens with zero attached hydrogens (tertiary/aromatic N) is 2. The first-order chi connectivity index (χ1) is 9.79. The van der Waals surface area contributed by atoms with E-state index in [4.69, 9.17) is 5.73 Å². The first-order valence-corrected chi connectivity index (χ1v) is 7.62. The van der Waals surface area contributed by atoms with Crippen molar-refractivity contribution in [2.45, 2.75) is 25.8 Å². The van der Waals surface area contributed by atoms with Crippen LogP contribution in [0.5, 0.6) is 0 Å². The van der Waals surface area contributed by atoms with Crippen molar-refractivity contribution in [3.05, 3.63) is 58.6 Å². The Balaban J connectivity index is 1.99. The Labute approximate surface area is 122 Å². The minimum absolute atomic E-state index is 0.138. The maximum absolute atomic E-state index is 6.41. The van der Waals surface area contributed by atoms with Gasteiger partial charge in [0.2, 0.25) is 0 Å². The van der Waals surface area contributed by atoms with Gasteiger partial charge in [0, 0.05) is 0 Å². The molecule has 0 aliphatic rings. The van der Waals surface area contributed by atoms with E-state index in [9.17, 15) is 0 Å². The molecule has 102 valence electrons. The van der Waals surface area contributed by atoms with E-state index in [1.54, 1.807) is 0 Å². The van der Waals surface area contributed by atoms with Gasteiger partial charge in [0.15, 0.2) is 0 Å². The first-order valence-electron chi connectivity index (χ1n) is 6.85. The van der Waals surface area contributed by atoms with Crippen LogP contribution in [0.4, 0.5) is 0 Å². The number of nitrogens with two attached hydrogens (primary N) is 1. The van der Waals surface area contributed by atoms with Gasteiger partial charge in [0.25, 0.3) is 0 Å². The Bertz CT molecular complexity index is 720. The second-order valence-corrected chi connectivity index (χ2v) is 5.70. The molecule has 2 N–H and O–H groups in total. The highest BCUT2D eigenvalue weighted by Gasteiger charge is 2.17. The fourth-order valence-electron chi connectivity index (χ4n) is 2.41. The van der Waals surface area contributed by atoms with Crippen LogP contribution in [-0.4, -0.2) is 9.59 Å². The second kappa shape index (κ2) is 5.69. The topological polar surface area (TPSA) is 51.8 Å². The fraction of sp³-hybridized carbons (Fsp3) is 0.250. The van der Waals surface area contributed by atoms with Crippen LogP contribution in [0.3, 0.4) is 0 Å². The lowest BCUT2D eigenvalue weighted by atomic mass is 10.00. The van der Waals surface area contributed by atoms with Crippen molar-refractivity contribution >= 4 is 22.3 Å². The molecule has 3 rings (SSSR count). The first kappa shape index (κ1) is 13.2. The monoisotopic (exact) mass is 283 g/mol. The van der Waals surface area contributed by atoms with Crippen LogP contribution < -0.4 is 5.73 Å². The molecule has 0 saturated carbocycles. The summed E-state index contributed by atoms with van der Waals surface area (Å²) in [5.74, 6) is 0. The van der Waals surface area contributed by atoms with Crippen LogP contribution in [-0.2, 0) is 6.42 Å². The summed E-state index contributed by atoms with van der Waals surface area (Å²) < 4.78 is 4.06. The average Bonchev–Trinajstić information content (AvgIpc) is 2.94. The van der Waals surface area contributed by atoms with Gasteiger partial charge in [-0.2, -0.15) is 0 Å². The molecule has 1 unspecified atom stereocenters. The van der Waals surface area contributed by atoms with E-state index in [0.717, 1.165) is 29.0 Å². The molecular weight excluding hydrogens is 266 g/mol. The number of aromatic nitrogens is 2. The van der Waals surface area contributed by atoms with Gasteiger partial charge in [0.1, 0.15) is 0 Å². The quantitative estimate of drug-likeness (QED) is 0.794.